The molecule has 0 aliphatic heterocycles. The highest BCUT2D eigenvalue weighted by Gasteiger charge is 2.22. The number of benzene rings is 1. The van der Waals surface area contributed by atoms with Crippen molar-refractivity contribution < 1.29 is 9.32 Å². The van der Waals surface area contributed by atoms with Crippen LogP contribution in [0.2, 0.25) is 0 Å². The predicted molar refractivity (Wildman–Crippen MR) is 77.0 cm³/mol. The Hall–Kier alpha value is -0.940. The lowest BCUT2D eigenvalue weighted by Gasteiger charge is -2.07. The van der Waals surface area contributed by atoms with E-state index in [2.05, 4.69) is 37.0 Å². The van der Waals surface area contributed by atoms with E-state index < -0.39 is 0 Å². The van der Waals surface area contributed by atoms with E-state index in [1.807, 2.05) is 31.2 Å². The number of carbonyl (C=O) groups excluding carboxylic acids is 1. The summed E-state index contributed by atoms with van der Waals surface area (Å²) in [5.41, 5.74) is 2.53. The molecule has 1 heterocycles. The number of hydrogen-bond donors (Lipinski definition) is 0. The summed E-state index contributed by atoms with van der Waals surface area (Å²) in [7, 11) is 0. The third kappa shape index (κ3) is 2.57. The standard InChI is InChI=1S/C13H11Br2NO2/c1-8-12(10(6-14)7-17)13(16-18-8)9-2-4-11(15)5-3-9/h2-5,7,10H,6H2,1H3. The Morgan fingerprint density at radius 1 is 1.39 bits per heavy atom. The number of rotatable bonds is 4. The zero-order valence-electron chi connectivity index (χ0n) is 9.69. The Labute approximate surface area is 122 Å². The van der Waals surface area contributed by atoms with Gasteiger partial charge in [-0.15, -0.1) is 0 Å². The van der Waals surface area contributed by atoms with Gasteiger partial charge >= 0.3 is 0 Å². The highest BCUT2D eigenvalue weighted by molar-refractivity contribution is 9.10. The summed E-state index contributed by atoms with van der Waals surface area (Å²) in [6.07, 6.45) is 0.913. The molecule has 0 bridgehead atoms. The fraction of sp³-hybridized carbons (Fsp3) is 0.231. The lowest BCUT2D eigenvalue weighted by Crippen LogP contribution is -2.03. The molecule has 0 aliphatic carbocycles. The Bertz CT molecular complexity index is 549. The van der Waals surface area contributed by atoms with Gasteiger partial charge in [-0.3, -0.25) is 0 Å². The molecule has 1 aromatic heterocycles. The zero-order chi connectivity index (χ0) is 13.1. The van der Waals surface area contributed by atoms with Crippen molar-refractivity contribution in [1.29, 1.82) is 0 Å². The molecule has 3 nitrogen and oxygen atoms in total. The SMILES string of the molecule is Cc1onc(-c2ccc(Br)cc2)c1C(C=O)CBr. The van der Waals surface area contributed by atoms with Gasteiger partial charge in [-0.25, -0.2) is 0 Å². The first-order valence-electron chi connectivity index (χ1n) is 5.40. The molecule has 1 unspecified atom stereocenters. The molecular formula is C13H11Br2NO2. The molecule has 0 aliphatic rings. The summed E-state index contributed by atoms with van der Waals surface area (Å²) < 4.78 is 6.22. The molecule has 0 saturated carbocycles. The first-order chi connectivity index (χ1) is 8.67. The van der Waals surface area contributed by atoms with Crippen molar-refractivity contribution >= 4 is 38.1 Å². The largest absolute Gasteiger partial charge is 0.361 e. The highest BCUT2D eigenvalue weighted by atomic mass is 79.9. The Kier molecular flexibility index (Phi) is 4.35. The third-order valence-electron chi connectivity index (χ3n) is 2.73. The molecular weight excluding hydrogens is 362 g/mol. The molecule has 18 heavy (non-hydrogen) atoms. The fourth-order valence-corrected chi connectivity index (χ4v) is 2.55. The van der Waals surface area contributed by atoms with Crippen LogP contribution >= 0.6 is 31.9 Å². The summed E-state index contributed by atoms with van der Waals surface area (Å²) in [6.45, 7) is 1.82. The molecule has 0 N–H and O–H groups in total. The van der Waals surface area contributed by atoms with Gasteiger partial charge in [-0.2, -0.15) is 0 Å². The monoisotopic (exact) mass is 371 g/mol. The Balaban J connectivity index is 2.51. The average Bonchev–Trinajstić information content (AvgIpc) is 2.75. The van der Waals surface area contributed by atoms with Gasteiger partial charge < -0.3 is 9.32 Å². The summed E-state index contributed by atoms with van der Waals surface area (Å²) in [5, 5.41) is 4.62. The van der Waals surface area contributed by atoms with Gasteiger partial charge in [0.1, 0.15) is 17.7 Å². The van der Waals surface area contributed by atoms with Crippen LogP contribution < -0.4 is 0 Å². The van der Waals surface area contributed by atoms with Gasteiger partial charge in [0.15, 0.2) is 0 Å². The number of nitrogens with zero attached hydrogens (tertiary/aromatic N) is 1. The van der Waals surface area contributed by atoms with Crippen molar-refractivity contribution in [3.05, 3.63) is 40.1 Å². The van der Waals surface area contributed by atoms with Crippen molar-refractivity contribution in [1.82, 2.24) is 5.16 Å². The van der Waals surface area contributed by atoms with Crippen LogP contribution in [-0.4, -0.2) is 16.8 Å². The molecule has 94 valence electrons. The van der Waals surface area contributed by atoms with E-state index in [1.54, 1.807) is 0 Å². The lowest BCUT2D eigenvalue weighted by molar-refractivity contribution is -0.108. The molecule has 0 fully saturated rings. The van der Waals surface area contributed by atoms with E-state index in [-0.39, 0.29) is 5.92 Å². The highest BCUT2D eigenvalue weighted by Crippen LogP contribution is 2.32. The second-order valence-electron chi connectivity index (χ2n) is 3.90. The van der Waals surface area contributed by atoms with Crippen molar-refractivity contribution in [3.8, 4) is 11.3 Å². The number of alkyl halides is 1. The van der Waals surface area contributed by atoms with Crippen molar-refractivity contribution in [2.45, 2.75) is 12.8 Å². The minimum Gasteiger partial charge on any atom is -0.361 e. The zero-order valence-corrected chi connectivity index (χ0v) is 12.9. The molecule has 0 radical (unpaired) electrons. The number of aryl methyl sites for hydroxylation is 1. The summed E-state index contributed by atoms with van der Waals surface area (Å²) >= 11 is 6.73. The first-order valence-corrected chi connectivity index (χ1v) is 7.32. The van der Waals surface area contributed by atoms with E-state index in [4.69, 9.17) is 4.52 Å². The third-order valence-corrected chi connectivity index (χ3v) is 3.95. The van der Waals surface area contributed by atoms with Crippen LogP contribution in [0.1, 0.15) is 17.2 Å². The molecule has 0 saturated heterocycles. The minimum atomic E-state index is -0.241. The second-order valence-corrected chi connectivity index (χ2v) is 5.47. The second kappa shape index (κ2) is 5.80. The number of aldehydes is 1. The summed E-state index contributed by atoms with van der Waals surface area (Å²) in [5.74, 6) is 0.444. The van der Waals surface area contributed by atoms with Crippen LogP contribution in [0.4, 0.5) is 0 Å². The molecule has 2 rings (SSSR count). The maximum atomic E-state index is 11.1. The van der Waals surface area contributed by atoms with Crippen LogP contribution in [0.3, 0.4) is 0 Å². The van der Waals surface area contributed by atoms with Crippen LogP contribution in [0.15, 0.2) is 33.3 Å². The Morgan fingerprint density at radius 3 is 2.61 bits per heavy atom. The number of aromatic nitrogens is 1. The van der Waals surface area contributed by atoms with Crippen LogP contribution in [0.5, 0.6) is 0 Å². The summed E-state index contributed by atoms with van der Waals surface area (Å²) in [4.78, 5) is 11.1. The molecule has 2 aromatic rings. The summed E-state index contributed by atoms with van der Waals surface area (Å²) in [6, 6.07) is 7.77. The van der Waals surface area contributed by atoms with E-state index in [0.29, 0.717) is 11.1 Å². The van der Waals surface area contributed by atoms with Crippen LogP contribution in [-0.2, 0) is 4.79 Å². The maximum absolute atomic E-state index is 11.1. The van der Waals surface area contributed by atoms with E-state index in [1.165, 1.54) is 0 Å². The van der Waals surface area contributed by atoms with Crippen LogP contribution in [0.25, 0.3) is 11.3 Å². The van der Waals surface area contributed by atoms with Crippen molar-refractivity contribution in [2.75, 3.05) is 5.33 Å². The maximum Gasteiger partial charge on any atom is 0.138 e. The van der Waals surface area contributed by atoms with Gasteiger partial charge in [0.25, 0.3) is 0 Å². The molecule has 1 aromatic carbocycles. The predicted octanol–water partition coefficient (Wildman–Crippen LogP) is 4.09. The molecule has 5 heteroatoms. The molecule has 1 atom stereocenters. The topological polar surface area (TPSA) is 43.1 Å². The minimum absolute atomic E-state index is 0.241. The van der Waals surface area contributed by atoms with Crippen LogP contribution in [0, 0.1) is 6.92 Å². The smallest absolute Gasteiger partial charge is 0.138 e. The number of hydrogen-bond acceptors (Lipinski definition) is 3. The van der Waals surface area contributed by atoms with E-state index in [0.717, 1.165) is 27.6 Å². The molecule has 0 amide bonds. The number of halogens is 2. The normalized spacial score (nSPS) is 12.4. The average molecular weight is 373 g/mol. The fourth-order valence-electron chi connectivity index (χ4n) is 1.81. The van der Waals surface area contributed by atoms with Gasteiger partial charge in [0.2, 0.25) is 0 Å². The van der Waals surface area contributed by atoms with Gasteiger partial charge in [0, 0.05) is 20.9 Å². The Morgan fingerprint density at radius 2 is 2.06 bits per heavy atom. The molecule has 0 spiro atoms. The number of carbonyl (C=O) groups is 1. The van der Waals surface area contributed by atoms with Gasteiger partial charge in [-0.1, -0.05) is 49.1 Å². The van der Waals surface area contributed by atoms with E-state index >= 15 is 0 Å². The van der Waals surface area contributed by atoms with Gasteiger partial charge in [-0.05, 0) is 19.1 Å². The van der Waals surface area contributed by atoms with Crippen molar-refractivity contribution in [3.63, 3.8) is 0 Å². The van der Waals surface area contributed by atoms with E-state index in [9.17, 15) is 4.79 Å². The van der Waals surface area contributed by atoms with Crippen molar-refractivity contribution in [2.24, 2.45) is 0 Å². The quantitative estimate of drug-likeness (QED) is 0.599. The lowest BCUT2D eigenvalue weighted by atomic mass is 9.97. The first kappa shape index (κ1) is 13.5. The van der Waals surface area contributed by atoms with Gasteiger partial charge in [0.05, 0.1) is 5.92 Å².